The molecule has 2 aromatic carbocycles. The summed E-state index contributed by atoms with van der Waals surface area (Å²) in [5, 5.41) is 1.15. The van der Waals surface area contributed by atoms with Gasteiger partial charge in [-0.3, -0.25) is 19.3 Å². The molecule has 3 heterocycles. The number of hydrogen-bond donors (Lipinski definition) is 1. The van der Waals surface area contributed by atoms with Crippen molar-refractivity contribution in [2.24, 2.45) is 29.6 Å². The van der Waals surface area contributed by atoms with E-state index >= 15 is 0 Å². The van der Waals surface area contributed by atoms with E-state index in [2.05, 4.69) is 50.1 Å². The minimum absolute atomic E-state index is 0.0384. The van der Waals surface area contributed by atoms with E-state index in [9.17, 15) is 14.4 Å². The fourth-order valence-electron chi connectivity index (χ4n) is 7.21. The first-order valence-electron chi connectivity index (χ1n) is 12.1. The summed E-state index contributed by atoms with van der Waals surface area (Å²) in [5.74, 6) is -0.157. The molecule has 6 nitrogen and oxygen atoms in total. The van der Waals surface area contributed by atoms with Crippen LogP contribution in [0.25, 0.3) is 0 Å². The number of carbonyl (C=O) groups excluding carboxylic acids is 2. The second-order valence-electron chi connectivity index (χ2n) is 10.4. The van der Waals surface area contributed by atoms with Crippen LogP contribution in [0.1, 0.15) is 22.8 Å². The number of carbonyl (C=O) groups is 2. The summed E-state index contributed by atoms with van der Waals surface area (Å²) >= 11 is 6.47. The van der Waals surface area contributed by atoms with E-state index < -0.39 is 0 Å². The molecular formula is C27H24BrN3O3S2. The van der Waals surface area contributed by atoms with Crippen LogP contribution in [0.3, 0.4) is 0 Å². The van der Waals surface area contributed by atoms with Crippen molar-refractivity contribution >= 4 is 62.2 Å². The lowest BCUT2D eigenvalue weighted by Crippen LogP contribution is -2.42. The highest BCUT2D eigenvalue weighted by Crippen LogP contribution is 2.68. The van der Waals surface area contributed by atoms with Gasteiger partial charge in [-0.1, -0.05) is 39.4 Å². The topological polar surface area (TPSA) is 73.5 Å². The minimum atomic E-state index is -0.284. The van der Waals surface area contributed by atoms with Crippen molar-refractivity contribution in [1.82, 2.24) is 4.98 Å². The van der Waals surface area contributed by atoms with Crippen LogP contribution in [-0.2, 0) is 9.59 Å². The molecule has 3 fully saturated rings. The van der Waals surface area contributed by atoms with Gasteiger partial charge in [0.2, 0.25) is 11.8 Å². The zero-order valence-electron chi connectivity index (χ0n) is 19.7. The number of thiazole rings is 1. The van der Waals surface area contributed by atoms with Crippen LogP contribution in [0.2, 0.25) is 0 Å². The van der Waals surface area contributed by atoms with E-state index in [-0.39, 0.29) is 57.4 Å². The van der Waals surface area contributed by atoms with Crippen LogP contribution >= 0.6 is 39.0 Å². The third-order valence-corrected chi connectivity index (χ3v) is 11.7. The number of H-pyrrole nitrogens is 1. The first-order chi connectivity index (χ1) is 17.3. The summed E-state index contributed by atoms with van der Waals surface area (Å²) in [7, 11) is 4.04. The molecule has 0 unspecified atom stereocenters. The number of nitrogens with zero attached hydrogens (tertiary/aromatic N) is 2. The number of hydrogen-bond acceptors (Lipinski definition) is 6. The average Bonchev–Trinajstić information content (AvgIpc) is 3.59. The zero-order chi connectivity index (χ0) is 24.9. The van der Waals surface area contributed by atoms with Gasteiger partial charge in [-0.25, -0.2) is 0 Å². The highest BCUT2D eigenvalue weighted by molar-refractivity contribution is 9.10. The molecule has 2 bridgehead atoms. The number of aromatic nitrogens is 1. The Balaban J connectivity index is 1.31. The molecule has 0 spiro atoms. The first-order valence-corrected chi connectivity index (χ1v) is 14.6. The van der Waals surface area contributed by atoms with E-state index in [4.69, 9.17) is 0 Å². The number of nitrogens with one attached hydrogen (secondary N) is 1. The lowest BCUT2D eigenvalue weighted by Gasteiger charge is -2.43. The van der Waals surface area contributed by atoms with Crippen LogP contribution in [0.4, 0.5) is 11.4 Å². The third kappa shape index (κ3) is 3.12. The van der Waals surface area contributed by atoms with Crippen LogP contribution in [0.15, 0.2) is 62.8 Å². The maximum Gasteiger partial charge on any atom is 0.305 e. The maximum atomic E-state index is 13.8. The molecule has 36 heavy (non-hydrogen) atoms. The van der Waals surface area contributed by atoms with E-state index in [1.807, 2.05) is 38.4 Å². The molecule has 7 rings (SSSR count). The lowest BCUT2D eigenvalue weighted by atomic mass is 9.68. The van der Waals surface area contributed by atoms with Crippen LogP contribution < -0.4 is 14.7 Å². The lowest BCUT2D eigenvalue weighted by molar-refractivity contribution is -0.123. The summed E-state index contributed by atoms with van der Waals surface area (Å²) < 4.78 is 0.913. The quantitative estimate of drug-likeness (QED) is 0.443. The minimum Gasteiger partial charge on any atom is -0.378 e. The predicted molar refractivity (Wildman–Crippen MR) is 146 cm³/mol. The Hall–Kier alpha value is -2.36. The van der Waals surface area contributed by atoms with Gasteiger partial charge >= 0.3 is 4.87 Å². The Morgan fingerprint density at radius 2 is 1.61 bits per heavy atom. The number of benzene rings is 2. The number of halogens is 1. The highest BCUT2D eigenvalue weighted by atomic mass is 79.9. The third-order valence-electron chi connectivity index (χ3n) is 8.58. The van der Waals surface area contributed by atoms with Gasteiger partial charge in [0.25, 0.3) is 0 Å². The molecule has 1 aromatic heterocycles. The predicted octanol–water partition coefficient (Wildman–Crippen LogP) is 4.94. The monoisotopic (exact) mass is 581 g/mol. The Labute approximate surface area is 225 Å². The van der Waals surface area contributed by atoms with E-state index in [1.54, 1.807) is 11.8 Å². The zero-order valence-corrected chi connectivity index (χ0v) is 22.9. The summed E-state index contributed by atoms with van der Waals surface area (Å²) in [4.78, 5) is 47.5. The van der Waals surface area contributed by atoms with Gasteiger partial charge in [0.1, 0.15) is 0 Å². The van der Waals surface area contributed by atoms with Crippen molar-refractivity contribution in [3.8, 4) is 0 Å². The van der Waals surface area contributed by atoms with Crippen molar-refractivity contribution in [2.45, 2.75) is 22.6 Å². The van der Waals surface area contributed by atoms with Crippen LogP contribution in [0.5, 0.6) is 0 Å². The molecule has 3 aromatic rings. The van der Waals surface area contributed by atoms with Gasteiger partial charge in [-0.2, -0.15) is 0 Å². The van der Waals surface area contributed by atoms with Gasteiger partial charge in [0, 0.05) is 40.3 Å². The Bertz CT molecular complexity index is 1450. The van der Waals surface area contributed by atoms with Crippen LogP contribution in [-0.4, -0.2) is 36.1 Å². The highest BCUT2D eigenvalue weighted by Gasteiger charge is 2.69. The maximum absolute atomic E-state index is 13.8. The Kier molecular flexibility index (Phi) is 5.11. The Morgan fingerprint density at radius 1 is 0.944 bits per heavy atom. The first kappa shape index (κ1) is 22.8. The number of aromatic amines is 1. The number of anilines is 2. The molecule has 2 saturated carbocycles. The number of amides is 2. The molecule has 2 aliphatic heterocycles. The second kappa shape index (κ2) is 8.07. The van der Waals surface area contributed by atoms with Crippen molar-refractivity contribution in [3.63, 3.8) is 0 Å². The van der Waals surface area contributed by atoms with E-state index in [1.165, 1.54) is 21.8 Å². The summed E-state index contributed by atoms with van der Waals surface area (Å²) in [6, 6.07) is 16.0. The van der Waals surface area contributed by atoms with Crippen LogP contribution in [0, 0.1) is 29.6 Å². The molecule has 4 aliphatic rings. The van der Waals surface area contributed by atoms with Crippen molar-refractivity contribution in [2.75, 3.05) is 23.9 Å². The standard InChI is InChI=1S/C27H24BrN3O3S2/c1-30(2)14-7-3-12(4-8-14)18-19-16-11-17(22(19)35-24-23(18)36-27(34)29-24)21-20(16)25(32)31(26(21)33)15-9-5-13(28)6-10-15/h3-10,16-22H,11H2,1-2H3,(H,29,34)/t16-,17-,18+,19+,20+,21+,22-/m1/s1. The summed E-state index contributed by atoms with van der Waals surface area (Å²) in [6.45, 7) is 0. The van der Waals surface area contributed by atoms with E-state index in [0.717, 1.165) is 26.5 Å². The van der Waals surface area contributed by atoms with Gasteiger partial charge in [0.05, 0.1) is 22.5 Å². The number of rotatable bonds is 3. The largest absolute Gasteiger partial charge is 0.378 e. The fraction of sp³-hybridized carbons (Fsp3) is 0.370. The smallest absolute Gasteiger partial charge is 0.305 e. The number of fused-ring (bicyclic) bond motifs is 9. The number of imide groups is 1. The van der Waals surface area contributed by atoms with E-state index in [0.29, 0.717) is 5.69 Å². The van der Waals surface area contributed by atoms with Gasteiger partial charge in [0.15, 0.2) is 0 Å². The van der Waals surface area contributed by atoms with Crippen molar-refractivity contribution in [1.29, 1.82) is 0 Å². The summed E-state index contributed by atoms with van der Waals surface area (Å²) in [6.07, 6.45) is 0.898. The number of thioether (sulfide) groups is 1. The molecule has 9 heteroatoms. The normalized spacial score (nSPS) is 32.0. The molecule has 2 amide bonds. The Morgan fingerprint density at radius 3 is 2.28 bits per heavy atom. The SMILES string of the molecule is CN(C)c1ccc([C@@H]2c3sc(=O)[nH]c3S[C@@H]3[C@@H]4C[C@@H]([C@@H]5C(=O)N(c6ccc(Br)cc6)C(=O)[C@@H]45)[C@@H]23)cc1. The van der Waals surface area contributed by atoms with Crippen molar-refractivity contribution in [3.05, 3.63) is 73.1 Å². The molecule has 0 radical (unpaired) electrons. The fourth-order valence-corrected chi connectivity index (χ4v) is 10.4. The van der Waals surface area contributed by atoms with Gasteiger partial charge in [-0.15, -0.1) is 11.8 Å². The van der Waals surface area contributed by atoms with Gasteiger partial charge < -0.3 is 9.88 Å². The molecule has 7 atom stereocenters. The average molecular weight is 583 g/mol. The molecule has 184 valence electrons. The van der Waals surface area contributed by atoms with Crippen molar-refractivity contribution < 1.29 is 9.59 Å². The molecule has 1 N–H and O–H groups in total. The molecule has 1 saturated heterocycles. The van der Waals surface area contributed by atoms with Gasteiger partial charge in [-0.05, 0) is 66.1 Å². The second-order valence-corrected chi connectivity index (χ2v) is 13.6. The molecular weight excluding hydrogens is 558 g/mol. The molecule has 2 aliphatic carbocycles. The summed E-state index contributed by atoms with van der Waals surface area (Å²) in [5.41, 5.74) is 2.95.